The lowest BCUT2D eigenvalue weighted by Crippen LogP contribution is -2.20. The molecule has 3 nitrogen and oxygen atoms in total. The van der Waals surface area contributed by atoms with Crippen molar-refractivity contribution in [2.24, 2.45) is 0 Å². The summed E-state index contributed by atoms with van der Waals surface area (Å²) in [5.74, 6) is 1.11. The lowest BCUT2D eigenvalue weighted by molar-refractivity contribution is 0.549. The molecule has 0 amide bonds. The van der Waals surface area contributed by atoms with Crippen LogP contribution in [-0.4, -0.2) is 9.55 Å². The minimum Gasteiger partial charge on any atom is -0.327 e. The molecule has 1 aromatic carbocycles. The summed E-state index contributed by atoms with van der Waals surface area (Å²) in [6.07, 6.45) is 0. The quantitative estimate of drug-likeness (QED) is 0.762. The molecule has 0 fully saturated rings. The van der Waals surface area contributed by atoms with Gasteiger partial charge in [-0.15, -0.1) is 11.3 Å². The van der Waals surface area contributed by atoms with E-state index >= 15 is 0 Å². The maximum absolute atomic E-state index is 4.76. The average molecular weight is 299 g/mol. The summed E-state index contributed by atoms with van der Waals surface area (Å²) >= 11 is 1.86. The van der Waals surface area contributed by atoms with Crippen LogP contribution in [0, 0.1) is 6.92 Å². The number of nitrogens with one attached hydrogen (secondary N) is 1. The fourth-order valence-electron chi connectivity index (χ4n) is 2.64. The van der Waals surface area contributed by atoms with E-state index in [-0.39, 0.29) is 0 Å². The molecule has 1 atom stereocenters. The topological polar surface area (TPSA) is 29.9 Å². The number of hydrogen-bond donors (Lipinski definition) is 1. The van der Waals surface area contributed by atoms with Gasteiger partial charge in [-0.1, -0.05) is 12.1 Å². The largest absolute Gasteiger partial charge is 0.327 e. The lowest BCUT2D eigenvalue weighted by atomic mass is 10.2. The molecular weight excluding hydrogens is 278 g/mol. The van der Waals surface area contributed by atoms with Gasteiger partial charge in [0.05, 0.1) is 17.6 Å². The van der Waals surface area contributed by atoms with E-state index < -0.39 is 0 Å². The zero-order valence-electron chi connectivity index (χ0n) is 12.8. The van der Waals surface area contributed by atoms with Crippen molar-refractivity contribution in [3.63, 3.8) is 0 Å². The van der Waals surface area contributed by atoms with E-state index in [9.17, 15) is 0 Å². The number of para-hydroxylation sites is 2. The zero-order chi connectivity index (χ0) is 14.8. The molecule has 0 saturated carbocycles. The van der Waals surface area contributed by atoms with Crippen LogP contribution in [0.2, 0.25) is 0 Å². The van der Waals surface area contributed by atoms with E-state index in [1.165, 1.54) is 15.3 Å². The molecule has 3 rings (SSSR count). The Morgan fingerprint density at radius 2 is 2.05 bits per heavy atom. The van der Waals surface area contributed by atoms with Gasteiger partial charge in [0.1, 0.15) is 5.82 Å². The number of rotatable bonds is 5. The fraction of sp³-hybridized carbons (Fsp3) is 0.353. The second-order valence-electron chi connectivity index (χ2n) is 5.31. The monoisotopic (exact) mass is 299 g/mol. The molecule has 0 bridgehead atoms. The second-order valence-corrected chi connectivity index (χ2v) is 6.63. The Labute approximate surface area is 129 Å². The highest BCUT2D eigenvalue weighted by molar-refractivity contribution is 7.12. The van der Waals surface area contributed by atoms with E-state index in [0.29, 0.717) is 6.04 Å². The average Bonchev–Trinajstić information content (AvgIpc) is 3.07. The van der Waals surface area contributed by atoms with Gasteiger partial charge in [-0.25, -0.2) is 4.98 Å². The fourth-order valence-corrected chi connectivity index (χ4v) is 3.55. The molecule has 21 heavy (non-hydrogen) atoms. The first-order chi connectivity index (χ1) is 10.2. The predicted molar refractivity (Wildman–Crippen MR) is 89.7 cm³/mol. The van der Waals surface area contributed by atoms with Gasteiger partial charge >= 0.3 is 0 Å². The Balaban J connectivity index is 1.78. The van der Waals surface area contributed by atoms with Gasteiger partial charge < -0.3 is 9.88 Å². The summed E-state index contributed by atoms with van der Waals surface area (Å²) in [7, 11) is 0. The SMILES string of the molecule is CCn1c(CNC(C)c2ccc(C)s2)nc2ccccc21. The number of fused-ring (bicyclic) bond motifs is 1. The van der Waals surface area contributed by atoms with E-state index in [1.54, 1.807) is 0 Å². The highest BCUT2D eigenvalue weighted by Gasteiger charge is 2.11. The Morgan fingerprint density at radius 3 is 2.76 bits per heavy atom. The molecular formula is C17H21N3S. The van der Waals surface area contributed by atoms with Crippen molar-refractivity contribution in [1.82, 2.24) is 14.9 Å². The molecule has 1 unspecified atom stereocenters. The smallest absolute Gasteiger partial charge is 0.123 e. The van der Waals surface area contributed by atoms with Crippen LogP contribution in [0.3, 0.4) is 0 Å². The third-order valence-corrected chi connectivity index (χ3v) is 4.99. The van der Waals surface area contributed by atoms with Crippen LogP contribution in [-0.2, 0) is 13.1 Å². The maximum atomic E-state index is 4.76. The normalized spacial score (nSPS) is 12.9. The number of nitrogens with zero attached hydrogens (tertiary/aromatic N) is 2. The van der Waals surface area contributed by atoms with Crippen molar-refractivity contribution in [2.45, 2.75) is 39.9 Å². The van der Waals surface area contributed by atoms with E-state index in [2.05, 4.69) is 61.0 Å². The molecule has 0 aliphatic rings. The summed E-state index contributed by atoms with van der Waals surface area (Å²) in [6, 6.07) is 13.1. The van der Waals surface area contributed by atoms with E-state index in [0.717, 1.165) is 24.4 Å². The van der Waals surface area contributed by atoms with Crippen molar-refractivity contribution >= 4 is 22.4 Å². The van der Waals surface area contributed by atoms with Crippen LogP contribution >= 0.6 is 11.3 Å². The molecule has 0 saturated heterocycles. The molecule has 0 spiro atoms. The molecule has 1 N–H and O–H groups in total. The summed E-state index contributed by atoms with van der Waals surface area (Å²) < 4.78 is 2.29. The van der Waals surface area contributed by atoms with Gasteiger partial charge in [0.2, 0.25) is 0 Å². The third kappa shape index (κ3) is 2.87. The number of imidazole rings is 1. The first-order valence-corrected chi connectivity index (χ1v) is 8.24. The summed E-state index contributed by atoms with van der Waals surface area (Å²) in [4.78, 5) is 7.50. The van der Waals surface area contributed by atoms with E-state index in [4.69, 9.17) is 4.98 Å². The van der Waals surface area contributed by atoms with Gasteiger partial charge in [-0.2, -0.15) is 0 Å². The van der Waals surface area contributed by atoms with Crippen LogP contribution in [0.1, 0.15) is 35.5 Å². The van der Waals surface area contributed by atoms with Crippen molar-refractivity contribution in [3.05, 3.63) is 52.0 Å². The standard InChI is InChI=1S/C17H21N3S/c1-4-20-15-8-6-5-7-14(15)19-17(20)11-18-13(3)16-10-9-12(2)21-16/h5-10,13,18H,4,11H2,1-3H3. The van der Waals surface area contributed by atoms with E-state index in [1.807, 2.05) is 17.4 Å². The van der Waals surface area contributed by atoms with Crippen molar-refractivity contribution < 1.29 is 0 Å². The second kappa shape index (κ2) is 6.00. The third-order valence-electron chi connectivity index (χ3n) is 3.80. The lowest BCUT2D eigenvalue weighted by Gasteiger charge is -2.12. The number of hydrogen-bond acceptors (Lipinski definition) is 3. The Morgan fingerprint density at radius 1 is 1.24 bits per heavy atom. The Bertz CT molecular complexity index is 741. The molecule has 3 aromatic rings. The number of aryl methyl sites for hydroxylation is 2. The molecule has 2 aromatic heterocycles. The summed E-state index contributed by atoms with van der Waals surface area (Å²) in [5.41, 5.74) is 2.30. The zero-order valence-corrected chi connectivity index (χ0v) is 13.6. The van der Waals surface area contributed by atoms with Crippen molar-refractivity contribution in [1.29, 1.82) is 0 Å². The van der Waals surface area contributed by atoms with Gasteiger partial charge in [-0.3, -0.25) is 0 Å². The molecule has 0 aliphatic carbocycles. The number of thiophene rings is 1. The maximum Gasteiger partial charge on any atom is 0.123 e. The van der Waals surface area contributed by atoms with Gasteiger partial charge in [-0.05, 0) is 45.0 Å². The summed E-state index contributed by atoms with van der Waals surface area (Å²) in [6.45, 7) is 8.27. The van der Waals surface area contributed by atoms with Gasteiger partial charge in [0.25, 0.3) is 0 Å². The van der Waals surface area contributed by atoms with Crippen molar-refractivity contribution in [3.8, 4) is 0 Å². The molecule has 2 heterocycles. The molecule has 0 radical (unpaired) electrons. The first kappa shape index (κ1) is 14.3. The highest BCUT2D eigenvalue weighted by atomic mass is 32.1. The minimum absolute atomic E-state index is 0.355. The molecule has 4 heteroatoms. The summed E-state index contributed by atoms with van der Waals surface area (Å²) in [5, 5.41) is 3.59. The van der Waals surface area contributed by atoms with Gasteiger partial charge in [0.15, 0.2) is 0 Å². The number of benzene rings is 1. The molecule has 0 aliphatic heterocycles. The van der Waals surface area contributed by atoms with Crippen LogP contribution in [0.15, 0.2) is 36.4 Å². The Kier molecular flexibility index (Phi) is 4.08. The number of aromatic nitrogens is 2. The van der Waals surface area contributed by atoms with Crippen LogP contribution in [0.5, 0.6) is 0 Å². The van der Waals surface area contributed by atoms with Crippen LogP contribution < -0.4 is 5.32 Å². The Hall–Kier alpha value is -1.65. The first-order valence-electron chi connectivity index (χ1n) is 7.43. The highest BCUT2D eigenvalue weighted by Crippen LogP contribution is 2.23. The van der Waals surface area contributed by atoms with Crippen LogP contribution in [0.25, 0.3) is 11.0 Å². The molecule has 110 valence electrons. The van der Waals surface area contributed by atoms with Gasteiger partial charge in [0, 0.05) is 22.3 Å². The van der Waals surface area contributed by atoms with Crippen molar-refractivity contribution in [2.75, 3.05) is 0 Å². The predicted octanol–water partition coefficient (Wildman–Crippen LogP) is 4.28. The van der Waals surface area contributed by atoms with Crippen LogP contribution in [0.4, 0.5) is 0 Å². The minimum atomic E-state index is 0.355.